The minimum atomic E-state index is -0.991. The third-order valence-electron chi connectivity index (χ3n) is 9.09. The summed E-state index contributed by atoms with van der Waals surface area (Å²) in [6.07, 6.45) is 27.1. The summed E-state index contributed by atoms with van der Waals surface area (Å²) < 4.78 is 0. The predicted molar refractivity (Wildman–Crippen MR) is 181 cm³/mol. The second kappa shape index (κ2) is 27.8. The quantitative estimate of drug-likeness (QED) is 0.0557. The Morgan fingerprint density at radius 3 is 1.65 bits per heavy atom. The van der Waals surface area contributed by atoms with Gasteiger partial charge in [-0.1, -0.05) is 129 Å². The van der Waals surface area contributed by atoms with E-state index in [-0.39, 0.29) is 25.4 Å². The lowest BCUT2D eigenvalue weighted by Gasteiger charge is -2.29. The minimum absolute atomic E-state index is 0.0235. The first kappa shape index (κ1) is 40.5. The molecule has 9 heteroatoms. The second-order valence-electron chi connectivity index (χ2n) is 12.7. The van der Waals surface area contributed by atoms with Crippen molar-refractivity contribution in [1.29, 1.82) is 0 Å². The van der Waals surface area contributed by atoms with Gasteiger partial charge in [-0.05, 0) is 12.8 Å². The molecule has 2 saturated heterocycles. The number of β-amino-alcohol motifs (C(OH)–C–C–N with tert-alkyl or cyclic N) is 2. The van der Waals surface area contributed by atoms with Gasteiger partial charge in [-0.25, -0.2) is 0 Å². The number of aliphatic hydroxyl groups is 2. The van der Waals surface area contributed by atoms with Crippen molar-refractivity contribution < 1.29 is 20.1 Å². The highest BCUT2D eigenvalue weighted by atomic mass is 35.5. The van der Waals surface area contributed by atoms with Crippen molar-refractivity contribution in [3.8, 4) is 0 Å². The van der Waals surface area contributed by atoms with E-state index in [9.17, 15) is 9.90 Å². The summed E-state index contributed by atoms with van der Waals surface area (Å²) in [5.74, 6) is -0.991. The summed E-state index contributed by atoms with van der Waals surface area (Å²) in [6, 6.07) is -0.250. The van der Waals surface area contributed by atoms with Crippen LogP contribution >= 0.6 is 11.6 Å². The highest BCUT2D eigenvalue weighted by molar-refractivity contribution is 6.30. The van der Waals surface area contributed by atoms with Gasteiger partial charge >= 0.3 is 5.97 Å². The van der Waals surface area contributed by atoms with Gasteiger partial charge in [0, 0.05) is 32.7 Å². The number of halogens is 1. The lowest BCUT2D eigenvalue weighted by Crippen LogP contribution is -2.46. The number of carbonyl (C=O) groups is 1. The van der Waals surface area contributed by atoms with Gasteiger partial charge in [0.25, 0.3) is 0 Å². The Morgan fingerprint density at radius 1 is 0.721 bits per heavy atom. The summed E-state index contributed by atoms with van der Waals surface area (Å²) in [6.45, 7) is 8.88. The van der Waals surface area contributed by atoms with Gasteiger partial charge in [-0.3, -0.25) is 14.6 Å². The fourth-order valence-corrected chi connectivity index (χ4v) is 6.73. The maximum Gasteiger partial charge on any atom is 0.323 e. The molecule has 2 fully saturated rings. The number of carboxylic acids is 1. The van der Waals surface area contributed by atoms with E-state index < -0.39 is 11.3 Å². The highest BCUT2D eigenvalue weighted by Gasteiger charge is 2.39. The lowest BCUT2D eigenvalue weighted by atomic mass is 10.1. The van der Waals surface area contributed by atoms with Crippen LogP contribution < -0.4 is 10.6 Å². The van der Waals surface area contributed by atoms with Gasteiger partial charge in [-0.15, -0.1) is 11.6 Å². The number of aliphatic hydroxyl groups excluding tert-OH is 2. The Hall–Kier alpha value is -0.480. The normalized spacial score (nSPS) is 21.7. The lowest BCUT2D eigenvalue weighted by molar-refractivity contribution is -0.137. The summed E-state index contributed by atoms with van der Waals surface area (Å²) in [7, 11) is 0. The average molecular weight is 633 g/mol. The van der Waals surface area contributed by atoms with Gasteiger partial charge in [-0.2, -0.15) is 0 Å². The summed E-state index contributed by atoms with van der Waals surface area (Å²) in [5, 5.41) is 33.3. The van der Waals surface area contributed by atoms with Gasteiger partial charge in [0.05, 0.1) is 31.6 Å². The average Bonchev–Trinajstić information content (AvgIpc) is 3.62. The number of aliphatic carboxylic acids is 1. The molecule has 2 aliphatic rings. The zero-order chi connectivity index (χ0) is 31.5. The van der Waals surface area contributed by atoms with E-state index in [0.29, 0.717) is 19.3 Å². The fourth-order valence-electron chi connectivity index (χ4n) is 6.50. The molecule has 2 heterocycles. The number of carboxylic acid groups (broad SMARTS) is 1. The van der Waals surface area contributed by atoms with Crippen molar-refractivity contribution in [2.24, 2.45) is 0 Å². The molecule has 0 bridgehead atoms. The molecule has 256 valence electrons. The molecule has 0 amide bonds. The summed E-state index contributed by atoms with van der Waals surface area (Å²) >= 11 is 6.01. The zero-order valence-electron chi connectivity index (χ0n) is 27.9. The topological polar surface area (TPSA) is 108 Å². The van der Waals surface area contributed by atoms with Crippen LogP contribution in [0, 0.1) is 0 Å². The Kier molecular flexibility index (Phi) is 26.2. The standard InChI is InChI=1S/C18H35ClN2O3.C16H34N2O/c1-2-3-4-5-6-7-8-9-10-11-16-20-14-15(17(19)18(23)24)21(16)12-13-22;1-2-3-4-5-6-7-8-9-10-11-16-17-12-13-18(16)14-15-19/h15-17,20,22H,2-14H2,1H3,(H,23,24);16-17,19H,2-15H2,1H3. The second-order valence-corrected chi connectivity index (χ2v) is 13.1. The SMILES string of the molecule is CCCCCCCCCCCC1NCC(C(Cl)C(=O)O)N1CCO.CCCCCCCCCCCC1NCCN1CCO. The van der Waals surface area contributed by atoms with E-state index in [0.717, 1.165) is 32.5 Å². The smallest absolute Gasteiger partial charge is 0.323 e. The number of hydrogen-bond donors (Lipinski definition) is 5. The Labute approximate surface area is 269 Å². The van der Waals surface area contributed by atoms with E-state index in [1.54, 1.807) is 0 Å². The van der Waals surface area contributed by atoms with E-state index >= 15 is 0 Å². The fraction of sp³-hybridized carbons (Fsp3) is 0.971. The maximum atomic E-state index is 11.1. The number of alkyl halides is 1. The van der Waals surface area contributed by atoms with Crippen LogP contribution in [-0.4, -0.2) is 101 Å². The van der Waals surface area contributed by atoms with Crippen LogP contribution in [0.4, 0.5) is 0 Å². The number of unbranched alkanes of at least 4 members (excludes halogenated alkanes) is 16. The highest BCUT2D eigenvalue weighted by Crippen LogP contribution is 2.22. The molecule has 2 aliphatic heterocycles. The van der Waals surface area contributed by atoms with Crippen molar-refractivity contribution >= 4 is 17.6 Å². The first-order chi connectivity index (χ1) is 21.0. The molecule has 0 aliphatic carbocycles. The van der Waals surface area contributed by atoms with Crippen LogP contribution in [0.3, 0.4) is 0 Å². The van der Waals surface area contributed by atoms with Crippen molar-refractivity contribution in [2.45, 2.75) is 166 Å². The van der Waals surface area contributed by atoms with Gasteiger partial charge in [0.2, 0.25) is 0 Å². The maximum absolute atomic E-state index is 11.1. The molecule has 0 aromatic carbocycles. The van der Waals surface area contributed by atoms with Gasteiger partial charge in [0.15, 0.2) is 0 Å². The molecular weight excluding hydrogens is 564 g/mol. The first-order valence-electron chi connectivity index (χ1n) is 18.0. The van der Waals surface area contributed by atoms with Gasteiger partial charge < -0.3 is 26.0 Å². The predicted octanol–water partition coefficient (Wildman–Crippen LogP) is 6.32. The number of nitrogens with zero attached hydrogens (tertiary/aromatic N) is 2. The van der Waals surface area contributed by atoms with Crippen molar-refractivity contribution in [2.75, 3.05) is 45.9 Å². The number of hydrogen-bond acceptors (Lipinski definition) is 7. The Morgan fingerprint density at radius 2 is 1.19 bits per heavy atom. The van der Waals surface area contributed by atoms with Gasteiger partial charge in [0.1, 0.15) is 5.38 Å². The van der Waals surface area contributed by atoms with Crippen LogP contribution in [0.2, 0.25) is 0 Å². The Bertz CT molecular complexity index is 648. The van der Waals surface area contributed by atoms with Crippen LogP contribution in [-0.2, 0) is 4.79 Å². The summed E-state index contributed by atoms with van der Waals surface area (Å²) in [4.78, 5) is 15.5. The molecule has 2 rings (SSSR count). The molecule has 0 radical (unpaired) electrons. The van der Waals surface area contributed by atoms with Crippen molar-refractivity contribution in [3.05, 3.63) is 0 Å². The molecular formula is C34H69ClN4O4. The molecule has 0 aromatic heterocycles. The molecule has 4 atom stereocenters. The number of nitrogens with one attached hydrogen (secondary N) is 2. The molecule has 0 saturated carbocycles. The molecule has 5 N–H and O–H groups in total. The van der Waals surface area contributed by atoms with Crippen LogP contribution in [0.5, 0.6) is 0 Å². The van der Waals surface area contributed by atoms with Crippen molar-refractivity contribution in [1.82, 2.24) is 20.4 Å². The molecule has 0 aromatic rings. The van der Waals surface area contributed by atoms with E-state index in [4.69, 9.17) is 21.8 Å². The Balaban J connectivity index is 0.000000442. The van der Waals surface area contributed by atoms with Crippen molar-refractivity contribution in [3.63, 3.8) is 0 Å². The zero-order valence-corrected chi connectivity index (χ0v) is 28.7. The monoisotopic (exact) mass is 633 g/mol. The minimum Gasteiger partial charge on any atom is -0.480 e. The molecule has 0 spiro atoms. The largest absolute Gasteiger partial charge is 0.480 e. The molecule has 4 unspecified atom stereocenters. The summed E-state index contributed by atoms with van der Waals surface area (Å²) in [5.41, 5.74) is 0. The third-order valence-corrected chi connectivity index (χ3v) is 9.57. The first-order valence-corrected chi connectivity index (χ1v) is 18.5. The molecule has 43 heavy (non-hydrogen) atoms. The third kappa shape index (κ3) is 18.9. The number of rotatable bonds is 26. The van der Waals surface area contributed by atoms with E-state index in [1.807, 2.05) is 4.90 Å². The van der Waals surface area contributed by atoms with Crippen LogP contribution in [0.25, 0.3) is 0 Å². The van der Waals surface area contributed by atoms with Crippen LogP contribution in [0.15, 0.2) is 0 Å². The van der Waals surface area contributed by atoms with E-state index in [1.165, 1.54) is 116 Å². The molecule has 8 nitrogen and oxygen atoms in total. The van der Waals surface area contributed by atoms with E-state index in [2.05, 4.69) is 29.4 Å². The van der Waals surface area contributed by atoms with Crippen LogP contribution in [0.1, 0.15) is 142 Å².